The zero-order valence-corrected chi connectivity index (χ0v) is 11.4. The van der Waals surface area contributed by atoms with Crippen molar-refractivity contribution < 1.29 is 8.78 Å². The van der Waals surface area contributed by atoms with Crippen LogP contribution in [0.25, 0.3) is 0 Å². The van der Waals surface area contributed by atoms with Crippen LogP contribution in [0.5, 0.6) is 0 Å². The molecule has 5 heteroatoms. The Bertz CT molecular complexity index is 700. The predicted octanol–water partition coefficient (Wildman–Crippen LogP) is 3.29. The summed E-state index contributed by atoms with van der Waals surface area (Å²) in [6.45, 7) is 0.627. The maximum atomic E-state index is 14.2. The monoisotopic (exact) mass is 290 g/mol. The summed E-state index contributed by atoms with van der Waals surface area (Å²) in [6, 6.07) is 9.22. The number of nitrogens with two attached hydrogens (primary N) is 1. The fraction of sp³-hybridized carbons (Fsp3) is 0.133. The molecule has 2 N–H and O–H groups in total. The van der Waals surface area contributed by atoms with E-state index in [9.17, 15) is 8.78 Å². The zero-order chi connectivity index (χ0) is 14.3. The highest BCUT2D eigenvalue weighted by atomic mass is 32.1. The van der Waals surface area contributed by atoms with Crippen LogP contribution in [0.1, 0.15) is 11.1 Å². The molecule has 0 spiro atoms. The first-order valence-electron chi connectivity index (χ1n) is 6.21. The molecular formula is C15H12F2N2S. The molecule has 0 fully saturated rings. The average Bonchev–Trinajstić information content (AvgIpc) is 2.81. The largest absolute Gasteiger partial charge is 0.389 e. The molecule has 2 aromatic carbocycles. The van der Waals surface area contributed by atoms with Crippen LogP contribution >= 0.6 is 12.2 Å². The Kier molecular flexibility index (Phi) is 3.14. The van der Waals surface area contributed by atoms with Gasteiger partial charge < -0.3 is 10.6 Å². The Labute approximate surface area is 120 Å². The van der Waals surface area contributed by atoms with E-state index in [1.807, 2.05) is 0 Å². The second-order valence-corrected chi connectivity index (χ2v) is 5.14. The Morgan fingerprint density at radius 3 is 2.60 bits per heavy atom. The molecule has 0 atom stereocenters. The maximum absolute atomic E-state index is 14.2. The summed E-state index contributed by atoms with van der Waals surface area (Å²) in [6.07, 6.45) is 0.770. The normalized spacial score (nSPS) is 13.4. The number of rotatable bonds is 2. The lowest BCUT2D eigenvalue weighted by molar-refractivity contribution is 0.623. The molecule has 20 heavy (non-hydrogen) atoms. The van der Waals surface area contributed by atoms with Gasteiger partial charge in [0.25, 0.3) is 0 Å². The Balaban J connectivity index is 2.04. The van der Waals surface area contributed by atoms with Crippen LogP contribution < -0.4 is 10.6 Å². The molecule has 1 aliphatic rings. The van der Waals surface area contributed by atoms with Gasteiger partial charge in [-0.3, -0.25) is 0 Å². The third-order valence-electron chi connectivity index (χ3n) is 3.47. The van der Waals surface area contributed by atoms with Crippen molar-refractivity contribution in [3.05, 3.63) is 59.2 Å². The van der Waals surface area contributed by atoms with E-state index in [4.69, 9.17) is 18.0 Å². The van der Waals surface area contributed by atoms with Gasteiger partial charge in [0, 0.05) is 17.8 Å². The van der Waals surface area contributed by atoms with Gasteiger partial charge in [-0.2, -0.15) is 0 Å². The molecule has 3 rings (SSSR count). The van der Waals surface area contributed by atoms with E-state index in [1.165, 1.54) is 18.2 Å². The van der Waals surface area contributed by atoms with Crippen LogP contribution in [0.2, 0.25) is 0 Å². The summed E-state index contributed by atoms with van der Waals surface area (Å²) in [5.74, 6) is -0.733. The molecule has 0 aliphatic carbocycles. The lowest BCUT2D eigenvalue weighted by Crippen LogP contribution is -2.16. The van der Waals surface area contributed by atoms with E-state index in [-0.39, 0.29) is 10.8 Å². The number of benzene rings is 2. The minimum Gasteiger partial charge on any atom is -0.389 e. The van der Waals surface area contributed by atoms with Crippen molar-refractivity contribution in [1.82, 2.24) is 0 Å². The maximum Gasteiger partial charge on any atom is 0.147 e. The standard InChI is InChI=1S/C15H12F2N2S/c16-11-3-1-9-5-6-19(14(9)8-11)13-4-2-10(15(18)20)7-12(13)17/h1-4,7-8H,5-6H2,(H2,18,20). The first-order valence-corrected chi connectivity index (χ1v) is 6.62. The van der Waals surface area contributed by atoms with Crippen molar-refractivity contribution in [3.8, 4) is 0 Å². The fourth-order valence-electron chi connectivity index (χ4n) is 2.48. The smallest absolute Gasteiger partial charge is 0.147 e. The topological polar surface area (TPSA) is 29.3 Å². The lowest BCUT2D eigenvalue weighted by Gasteiger charge is -2.20. The van der Waals surface area contributed by atoms with E-state index < -0.39 is 5.82 Å². The molecule has 0 amide bonds. The van der Waals surface area contributed by atoms with Crippen molar-refractivity contribution in [2.75, 3.05) is 11.4 Å². The third-order valence-corrected chi connectivity index (χ3v) is 3.70. The SMILES string of the molecule is NC(=S)c1ccc(N2CCc3ccc(F)cc32)c(F)c1. The molecule has 0 saturated carbocycles. The van der Waals surface area contributed by atoms with Crippen molar-refractivity contribution in [2.24, 2.45) is 5.73 Å². The number of hydrogen-bond donors (Lipinski definition) is 1. The lowest BCUT2D eigenvalue weighted by atomic mass is 10.1. The quantitative estimate of drug-likeness (QED) is 0.861. The molecule has 1 aliphatic heterocycles. The number of anilines is 2. The van der Waals surface area contributed by atoms with Gasteiger partial charge in [-0.1, -0.05) is 18.3 Å². The van der Waals surface area contributed by atoms with Gasteiger partial charge >= 0.3 is 0 Å². The summed E-state index contributed by atoms with van der Waals surface area (Å²) in [5, 5.41) is 0. The summed E-state index contributed by atoms with van der Waals surface area (Å²) >= 11 is 4.83. The van der Waals surface area contributed by atoms with Gasteiger partial charge in [0.15, 0.2) is 0 Å². The van der Waals surface area contributed by atoms with Crippen LogP contribution in [0.15, 0.2) is 36.4 Å². The number of nitrogens with zero attached hydrogens (tertiary/aromatic N) is 1. The minimum atomic E-state index is -0.410. The van der Waals surface area contributed by atoms with E-state index in [2.05, 4.69) is 0 Å². The van der Waals surface area contributed by atoms with Gasteiger partial charge in [-0.05, 0) is 42.3 Å². The number of halogens is 2. The Morgan fingerprint density at radius 1 is 1.10 bits per heavy atom. The van der Waals surface area contributed by atoms with Crippen LogP contribution in [0, 0.1) is 11.6 Å². The van der Waals surface area contributed by atoms with Gasteiger partial charge in [0.05, 0.1) is 5.69 Å². The third kappa shape index (κ3) is 2.14. The number of thiocarbonyl (C=S) groups is 1. The Morgan fingerprint density at radius 2 is 1.90 bits per heavy atom. The van der Waals surface area contributed by atoms with Crippen LogP contribution in [-0.4, -0.2) is 11.5 Å². The zero-order valence-electron chi connectivity index (χ0n) is 10.6. The molecular weight excluding hydrogens is 278 g/mol. The second-order valence-electron chi connectivity index (χ2n) is 4.71. The van der Waals surface area contributed by atoms with Crippen molar-refractivity contribution in [2.45, 2.75) is 6.42 Å². The number of hydrogen-bond acceptors (Lipinski definition) is 2. The van der Waals surface area contributed by atoms with Crippen LogP contribution in [0.4, 0.5) is 20.2 Å². The van der Waals surface area contributed by atoms with E-state index in [0.29, 0.717) is 23.5 Å². The predicted molar refractivity (Wildman–Crippen MR) is 79.4 cm³/mol. The molecule has 0 bridgehead atoms. The fourth-order valence-corrected chi connectivity index (χ4v) is 2.61. The van der Waals surface area contributed by atoms with Crippen molar-refractivity contribution in [3.63, 3.8) is 0 Å². The van der Waals surface area contributed by atoms with Crippen molar-refractivity contribution in [1.29, 1.82) is 0 Å². The molecule has 0 aromatic heterocycles. The van der Waals surface area contributed by atoms with Crippen LogP contribution in [-0.2, 0) is 6.42 Å². The Hall–Kier alpha value is -2.01. The molecule has 0 unspecified atom stereocenters. The number of fused-ring (bicyclic) bond motifs is 1. The van der Waals surface area contributed by atoms with E-state index in [0.717, 1.165) is 12.0 Å². The molecule has 102 valence electrons. The van der Waals surface area contributed by atoms with Gasteiger partial charge in [-0.25, -0.2) is 8.78 Å². The van der Waals surface area contributed by atoms with Gasteiger partial charge in [0.2, 0.25) is 0 Å². The molecule has 2 nitrogen and oxygen atoms in total. The van der Waals surface area contributed by atoms with E-state index in [1.54, 1.807) is 23.1 Å². The molecule has 2 aromatic rings. The summed E-state index contributed by atoms with van der Waals surface area (Å²) in [5.41, 5.74) is 8.11. The first kappa shape index (κ1) is 13.0. The van der Waals surface area contributed by atoms with Gasteiger partial charge in [0.1, 0.15) is 16.6 Å². The minimum absolute atomic E-state index is 0.156. The van der Waals surface area contributed by atoms with Gasteiger partial charge in [-0.15, -0.1) is 0 Å². The molecule has 0 saturated heterocycles. The van der Waals surface area contributed by atoms with Crippen LogP contribution in [0.3, 0.4) is 0 Å². The molecule has 1 heterocycles. The van der Waals surface area contributed by atoms with E-state index >= 15 is 0 Å². The highest BCUT2D eigenvalue weighted by Gasteiger charge is 2.23. The highest BCUT2D eigenvalue weighted by molar-refractivity contribution is 7.80. The van der Waals surface area contributed by atoms with Crippen molar-refractivity contribution >= 4 is 28.6 Å². The summed E-state index contributed by atoms with van der Waals surface area (Å²) in [7, 11) is 0. The first-order chi connectivity index (χ1) is 9.56. The highest BCUT2D eigenvalue weighted by Crippen LogP contribution is 2.36. The molecule has 0 radical (unpaired) electrons. The summed E-state index contributed by atoms with van der Waals surface area (Å²) < 4.78 is 27.6. The summed E-state index contributed by atoms with van der Waals surface area (Å²) in [4.78, 5) is 1.93. The average molecular weight is 290 g/mol. The second kappa shape index (κ2) is 4.83.